The van der Waals surface area contributed by atoms with Gasteiger partial charge in [-0.3, -0.25) is 4.79 Å². The molecular weight excluding hydrogens is 352 g/mol. The van der Waals surface area contributed by atoms with E-state index in [1.165, 1.54) is 5.56 Å². The van der Waals surface area contributed by atoms with E-state index >= 15 is 0 Å². The molecule has 1 amide bonds. The van der Waals surface area contributed by atoms with Crippen LogP contribution in [0, 0.1) is 0 Å². The van der Waals surface area contributed by atoms with Gasteiger partial charge < -0.3 is 20.5 Å². The average molecular weight is 383 g/mol. The van der Waals surface area contributed by atoms with Crippen LogP contribution in [0.25, 0.3) is 0 Å². The molecule has 3 rings (SSSR count). The monoisotopic (exact) mass is 382 g/mol. The number of hydrogen-bond donors (Lipinski definition) is 2. The van der Waals surface area contributed by atoms with Gasteiger partial charge in [-0.05, 0) is 48.6 Å². The molecule has 2 aromatic rings. The van der Waals surface area contributed by atoms with Gasteiger partial charge in [0.1, 0.15) is 13.2 Å². The molecule has 0 bridgehead atoms. The third-order valence-corrected chi connectivity index (χ3v) is 5.35. The summed E-state index contributed by atoms with van der Waals surface area (Å²) in [7, 11) is 0. The lowest BCUT2D eigenvalue weighted by Gasteiger charge is -2.27. The zero-order chi connectivity index (χ0) is 20.3. The van der Waals surface area contributed by atoms with Crippen molar-refractivity contribution in [3.8, 4) is 11.5 Å². The van der Waals surface area contributed by atoms with Crippen LogP contribution >= 0.6 is 0 Å². The molecule has 0 spiro atoms. The van der Waals surface area contributed by atoms with E-state index in [0.717, 1.165) is 16.9 Å². The number of rotatable bonds is 6. The molecular formula is C23H30N2O3. The van der Waals surface area contributed by atoms with Crippen LogP contribution in [0.15, 0.2) is 42.5 Å². The highest BCUT2D eigenvalue weighted by Crippen LogP contribution is 2.35. The molecule has 1 unspecified atom stereocenters. The number of hydrogen-bond acceptors (Lipinski definition) is 4. The third-order valence-electron chi connectivity index (χ3n) is 5.35. The van der Waals surface area contributed by atoms with Crippen LogP contribution in [0.1, 0.15) is 56.3 Å². The highest BCUT2D eigenvalue weighted by atomic mass is 16.6. The standard InChI is InChI=1S/C23H30N2O3/c1-15(2)16-5-7-17(8-6-16)19(24)14-25-22(26)23(3,4)18-9-10-20-21(13-18)28-12-11-27-20/h5-10,13,15,19H,11-12,14,24H2,1-4H3,(H,25,26). The Morgan fingerprint density at radius 3 is 2.29 bits per heavy atom. The molecule has 1 atom stereocenters. The third kappa shape index (κ3) is 4.30. The van der Waals surface area contributed by atoms with E-state index < -0.39 is 5.41 Å². The van der Waals surface area contributed by atoms with Crippen LogP contribution in [-0.2, 0) is 10.2 Å². The summed E-state index contributed by atoms with van der Waals surface area (Å²) in [6.07, 6.45) is 0. The molecule has 0 radical (unpaired) electrons. The van der Waals surface area contributed by atoms with Crippen molar-refractivity contribution in [1.82, 2.24) is 5.32 Å². The molecule has 1 heterocycles. The maximum absolute atomic E-state index is 12.9. The van der Waals surface area contributed by atoms with Gasteiger partial charge in [-0.15, -0.1) is 0 Å². The number of amides is 1. The molecule has 3 N–H and O–H groups in total. The Morgan fingerprint density at radius 1 is 1.04 bits per heavy atom. The SMILES string of the molecule is CC(C)c1ccc(C(N)CNC(=O)C(C)(C)c2ccc3c(c2)OCCO3)cc1. The van der Waals surface area contributed by atoms with Gasteiger partial charge in [0.2, 0.25) is 5.91 Å². The molecule has 0 saturated heterocycles. The summed E-state index contributed by atoms with van der Waals surface area (Å²) in [5, 5.41) is 3.00. The normalized spacial score (nSPS) is 14.6. The van der Waals surface area contributed by atoms with Gasteiger partial charge in [-0.2, -0.15) is 0 Å². The largest absolute Gasteiger partial charge is 0.486 e. The Balaban J connectivity index is 1.64. The lowest BCUT2D eigenvalue weighted by molar-refractivity contribution is -0.125. The Morgan fingerprint density at radius 2 is 1.64 bits per heavy atom. The molecule has 2 aromatic carbocycles. The van der Waals surface area contributed by atoms with Crippen molar-refractivity contribution in [2.75, 3.05) is 19.8 Å². The second kappa shape index (κ2) is 8.23. The summed E-state index contributed by atoms with van der Waals surface area (Å²) < 4.78 is 11.2. The number of fused-ring (bicyclic) bond motifs is 1. The minimum Gasteiger partial charge on any atom is -0.486 e. The van der Waals surface area contributed by atoms with Crippen molar-refractivity contribution in [2.24, 2.45) is 5.73 Å². The van der Waals surface area contributed by atoms with Gasteiger partial charge in [0, 0.05) is 12.6 Å². The quantitative estimate of drug-likeness (QED) is 0.799. The predicted molar refractivity (Wildman–Crippen MR) is 111 cm³/mol. The summed E-state index contributed by atoms with van der Waals surface area (Å²) in [6, 6.07) is 13.7. The predicted octanol–water partition coefficient (Wildman–Crippen LogP) is 3.68. The van der Waals surface area contributed by atoms with Crippen molar-refractivity contribution in [3.05, 3.63) is 59.2 Å². The summed E-state index contributed by atoms with van der Waals surface area (Å²) in [5.74, 6) is 1.82. The zero-order valence-corrected chi connectivity index (χ0v) is 17.1. The lowest BCUT2D eigenvalue weighted by atomic mass is 9.83. The van der Waals surface area contributed by atoms with Gasteiger partial charge in [-0.25, -0.2) is 0 Å². The van der Waals surface area contributed by atoms with Crippen molar-refractivity contribution >= 4 is 5.91 Å². The van der Waals surface area contributed by atoms with Crippen LogP contribution in [0.5, 0.6) is 11.5 Å². The van der Waals surface area contributed by atoms with E-state index in [4.69, 9.17) is 15.2 Å². The lowest BCUT2D eigenvalue weighted by Crippen LogP contribution is -2.42. The first-order valence-electron chi connectivity index (χ1n) is 9.83. The number of carbonyl (C=O) groups is 1. The number of carbonyl (C=O) groups excluding carboxylic acids is 1. The zero-order valence-electron chi connectivity index (χ0n) is 17.1. The van der Waals surface area contributed by atoms with Crippen molar-refractivity contribution in [2.45, 2.75) is 45.1 Å². The van der Waals surface area contributed by atoms with Gasteiger partial charge in [-0.1, -0.05) is 44.2 Å². The van der Waals surface area contributed by atoms with E-state index in [1.54, 1.807) is 0 Å². The first kappa shape index (κ1) is 20.2. The van der Waals surface area contributed by atoms with E-state index in [-0.39, 0.29) is 11.9 Å². The fourth-order valence-corrected chi connectivity index (χ4v) is 3.23. The molecule has 0 fully saturated rings. The molecule has 0 aliphatic carbocycles. The first-order valence-corrected chi connectivity index (χ1v) is 9.83. The minimum atomic E-state index is -0.711. The molecule has 150 valence electrons. The van der Waals surface area contributed by atoms with Crippen molar-refractivity contribution in [1.29, 1.82) is 0 Å². The first-order chi connectivity index (χ1) is 13.3. The second-order valence-electron chi connectivity index (χ2n) is 8.12. The van der Waals surface area contributed by atoms with Gasteiger partial charge in [0.15, 0.2) is 11.5 Å². The number of benzene rings is 2. The Bertz CT molecular complexity index is 828. The molecule has 5 nitrogen and oxygen atoms in total. The molecule has 5 heteroatoms. The molecule has 1 aliphatic heterocycles. The minimum absolute atomic E-state index is 0.0709. The Kier molecular flexibility index (Phi) is 5.94. The van der Waals surface area contributed by atoms with Gasteiger partial charge >= 0.3 is 0 Å². The Labute approximate surface area is 167 Å². The highest BCUT2D eigenvalue weighted by Gasteiger charge is 2.31. The van der Waals surface area contributed by atoms with E-state index in [9.17, 15) is 4.79 Å². The molecule has 28 heavy (non-hydrogen) atoms. The number of ether oxygens (including phenoxy) is 2. The summed E-state index contributed by atoms with van der Waals surface area (Å²) in [6.45, 7) is 9.57. The highest BCUT2D eigenvalue weighted by molar-refractivity contribution is 5.87. The molecule has 1 aliphatic rings. The van der Waals surface area contributed by atoms with Crippen molar-refractivity contribution < 1.29 is 14.3 Å². The Hall–Kier alpha value is -2.53. The van der Waals surface area contributed by atoms with Crippen LogP contribution in [0.2, 0.25) is 0 Å². The van der Waals surface area contributed by atoms with E-state index in [2.05, 4.69) is 31.3 Å². The van der Waals surface area contributed by atoms with E-state index in [1.807, 2.05) is 44.2 Å². The average Bonchev–Trinajstić information content (AvgIpc) is 2.71. The molecule has 0 aromatic heterocycles. The smallest absolute Gasteiger partial charge is 0.230 e. The van der Waals surface area contributed by atoms with Crippen LogP contribution in [0.3, 0.4) is 0 Å². The number of nitrogens with one attached hydrogen (secondary N) is 1. The van der Waals surface area contributed by atoms with Crippen LogP contribution in [0.4, 0.5) is 0 Å². The number of nitrogens with two attached hydrogens (primary N) is 1. The van der Waals surface area contributed by atoms with Crippen LogP contribution < -0.4 is 20.5 Å². The molecule has 0 saturated carbocycles. The van der Waals surface area contributed by atoms with Gasteiger partial charge in [0.05, 0.1) is 5.41 Å². The topological polar surface area (TPSA) is 73.6 Å². The second-order valence-corrected chi connectivity index (χ2v) is 8.12. The van der Waals surface area contributed by atoms with Crippen molar-refractivity contribution in [3.63, 3.8) is 0 Å². The fourth-order valence-electron chi connectivity index (χ4n) is 3.23. The van der Waals surface area contributed by atoms with Gasteiger partial charge in [0.25, 0.3) is 0 Å². The summed E-state index contributed by atoms with van der Waals surface area (Å²) >= 11 is 0. The maximum Gasteiger partial charge on any atom is 0.230 e. The van der Waals surface area contributed by atoms with Crippen LogP contribution in [-0.4, -0.2) is 25.7 Å². The fraction of sp³-hybridized carbons (Fsp3) is 0.435. The summed E-state index contributed by atoms with van der Waals surface area (Å²) in [5.41, 5.74) is 8.75. The maximum atomic E-state index is 12.9. The summed E-state index contributed by atoms with van der Waals surface area (Å²) in [4.78, 5) is 12.9. The van der Waals surface area contributed by atoms with E-state index in [0.29, 0.717) is 31.4 Å².